The molecule has 200 valence electrons. The highest BCUT2D eigenvalue weighted by molar-refractivity contribution is 7.89. The Morgan fingerprint density at radius 3 is 2.51 bits per heavy atom. The number of rotatable bonds is 10. The summed E-state index contributed by atoms with van der Waals surface area (Å²) in [5.74, 6) is -0.846. The van der Waals surface area contributed by atoms with Gasteiger partial charge in [0.2, 0.25) is 10.0 Å². The van der Waals surface area contributed by atoms with Crippen molar-refractivity contribution in [2.24, 2.45) is 5.73 Å². The van der Waals surface area contributed by atoms with Gasteiger partial charge in [0.15, 0.2) is 0 Å². The summed E-state index contributed by atoms with van der Waals surface area (Å²) in [6, 6.07) is 7.69. The predicted molar refractivity (Wildman–Crippen MR) is 140 cm³/mol. The molecule has 11 heteroatoms. The van der Waals surface area contributed by atoms with Crippen LogP contribution in [0.25, 0.3) is 22.0 Å². The summed E-state index contributed by atoms with van der Waals surface area (Å²) in [7, 11) is -3.24. The molecule has 1 aromatic heterocycles. The maximum atomic E-state index is 14.5. The highest BCUT2D eigenvalue weighted by Gasteiger charge is 2.29. The molecular weight excluding hydrogens is 499 g/mol. The molecule has 1 saturated heterocycles. The Morgan fingerprint density at radius 2 is 1.89 bits per heavy atom. The SMILES string of the molecule is CCS(=O)(=O)N1CCC(c2c[nH]c3c(C(N)=O)cc(-c4ccc(F)c(CNC(CO)CO)c4)cc23)CC1. The minimum Gasteiger partial charge on any atom is -0.395 e. The predicted octanol–water partition coefficient (Wildman–Crippen LogP) is 2.04. The quantitative estimate of drug-likeness (QED) is 0.270. The number of aromatic nitrogens is 1. The monoisotopic (exact) mass is 532 g/mol. The van der Waals surface area contributed by atoms with Crippen LogP contribution in [0.1, 0.15) is 47.2 Å². The minimum atomic E-state index is -3.24. The fourth-order valence-electron chi connectivity index (χ4n) is 4.91. The standard InChI is InChI=1S/C26H33FN4O5S/c1-2-37(35,36)31-7-5-16(6-8-31)23-13-30-25-21(23)10-18(11-22(25)26(28)34)17-3-4-24(27)19(9-17)12-29-20(14-32)15-33/h3-4,9-11,13,16,20,29-30,32-33H,2,5-8,12,14-15H2,1H3,(H2,28,34). The van der Waals surface area contributed by atoms with Gasteiger partial charge in [-0.3, -0.25) is 4.79 Å². The van der Waals surface area contributed by atoms with Crippen LogP contribution in [0.15, 0.2) is 36.5 Å². The third-order valence-electron chi connectivity index (χ3n) is 7.14. The summed E-state index contributed by atoms with van der Waals surface area (Å²) >= 11 is 0. The number of aliphatic hydroxyl groups is 2. The lowest BCUT2D eigenvalue weighted by Gasteiger charge is -2.31. The van der Waals surface area contributed by atoms with Gasteiger partial charge in [-0.15, -0.1) is 0 Å². The van der Waals surface area contributed by atoms with E-state index in [4.69, 9.17) is 5.73 Å². The lowest BCUT2D eigenvalue weighted by molar-refractivity contribution is 0.100. The van der Waals surface area contributed by atoms with Crippen LogP contribution in [0.5, 0.6) is 0 Å². The molecule has 4 rings (SSSR count). The van der Waals surface area contributed by atoms with Crippen molar-refractivity contribution < 1.29 is 27.8 Å². The number of carbonyl (C=O) groups excluding carboxylic acids is 1. The number of fused-ring (bicyclic) bond motifs is 1. The zero-order chi connectivity index (χ0) is 26.7. The second-order valence-corrected chi connectivity index (χ2v) is 11.6. The summed E-state index contributed by atoms with van der Waals surface area (Å²) in [5.41, 5.74) is 9.36. The summed E-state index contributed by atoms with van der Waals surface area (Å²) in [4.78, 5) is 15.5. The van der Waals surface area contributed by atoms with Crippen molar-refractivity contribution >= 4 is 26.8 Å². The van der Waals surface area contributed by atoms with Crippen LogP contribution in [-0.2, 0) is 16.6 Å². The van der Waals surface area contributed by atoms with E-state index in [1.54, 1.807) is 25.1 Å². The smallest absolute Gasteiger partial charge is 0.250 e. The van der Waals surface area contributed by atoms with Gasteiger partial charge >= 0.3 is 0 Å². The summed E-state index contributed by atoms with van der Waals surface area (Å²) in [5, 5.41) is 22.3. The molecule has 0 radical (unpaired) electrons. The third-order valence-corrected chi connectivity index (χ3v) is 9.02. The van der Waals surface area contributed by atoms with Crippen molar-refractivity contribution in [3.8, 4) is 11.1 Å². The van der Waals surface area contributed by atoms with Crippen LogP contribution in [0.3, 0.4) is 0 Å². The number of sulfonamides is 1. The second-order valence-electron chi connectivity index (χ2n) is 9.38. The van der Waals surface area contributed by atoms with Gasteiger partial charge < -0.3 is 26.2 Å². The van der Waals surface area contributed by atoms with Gasteiger partial charge in [0.1, 0.15) is 5.82 Å². The van der Waals surface area contributed by atoms with Crippen molar-refractivity contribution in [2.75, 3.05) is 32.1 Å². The average molecular weight is 533 g/mol. The van der Waals surface area contributed by atoms with E-state index >= 15 is 0 Å². The Bertz CT molecular complexity index is 1380. The van der Waals surface area contributed by atoms with Crippen molar-refractivity contribution in [1.82, 2.24) is 14.6 Å². The fourth-order valence-corrected chi connectivity index (χ4v) is 6.04. The zero-order valence-electron chi connectivity index (χ0n) is 20.7. The first-order valence-electron chi connectivity index (χ1n) is 12.3. The van der Waals surface area contributed by atoms with Gasteiger partial charge in [0.05, 0.1) is 36.1 Å². The van der Waals surface area contributed by atoms with E-state index in [1.165, 1.54) is 10.4 Å². The summed E-state index contributed by atoms with van der Waals surface area (Å²) in [6.45, 7) is 2.05. The van der Waals surface area contributed by atoms with E-state index in [0.717, 1.165) is 10.9 Å². The summed E-state index contributed by atoms with van der Waals surface area (Å²) in [6.07, 6.45) is 3.18. The molecule has 2 heterocycles. The Hall–Kier alpha value is -2.83. The first kappa shape index (κ1) is 27.2. The van der Waals surface area contributed by atoms with E-state index in [9.17, 15) is 27.8 Å². The number of H-pyrrole nitrogens is 1. The van der Waals surface area contributed by atoms with Gasteiger partial charge in [-0.25, -0.2) is 17.1 Å². The van der Waals surface area contributed by atoms with Crippen molar-refractivity contribution in [3.63, 3.8) is 0 Å². The Balaban J connectivity index is 1.69. The van der Waals surface area contributed by atoms with Crippen LogP contribution >= 0.6 is 0 Å². The number of hydrogen-bond acceptors (Lipinski definition) is 6. The molecule has 3 aromatic rings. The van der Waals surface area contributed by atoms with Gasteiger partial charge in [-0.2, -0.15) is 0 Å². The first-order chi connectivity index (χ1) is 17.7. The molecule has 0 spiro atoms. The lowest BCUT2D eigenvalue weighted by atomic mass is 9.88. The second kappa shape index (κ2) is 11.3. The zero-order valence-corrected chi connectivity index (χ0v) is 21.5. The third kappa shape index (κ3) is 5.70. The van der Waals surface area contributed by atoms with E-state index in [2.05, 4.69) is 10.3 Å². The number of primary amides is 1. The fraction of sp³-hybridized carbons (Fsp3) is 0.423. The maximum absolute atomic E-state index is 14.5. The first-order valence-corrected chi connectivity index (χ1v) is 14.0. The molecule has 0 saturated carbocycles. The van der Waals surface area contributed by atoms with Crippen molar-refractivity contribution in [1.29, 1.82) is 0 Å². The molecule has 6 N–H and O–H groups in total. The molecule has 0 atom stereocenters. The number of nitrogens with one attached hydrogen (secondary N) is 2. The molecule has 0 bridgehead atoms. The molecule has 37 heavy (non-hydrogen) atoms. The Labute approximate surface area is 215 Å². The normalized spacial score (nSPS) is 15.6. The van der Waals surface area contributed by atoms with E-state index in [-0.39, 0.29) is 31.4 Å². The number of nitrogens with two attached hydrogens (primary N) is 1. The van der Waals surface area contributed by atoms with Crippen molar-refractivity contribution in [3.05, 3.63) is 59.0 Å². The number of piperidine rings is 1. The number of aliphatic hydroxyl groups excluding tert-OH is 2. The number of halogens is 1. The van der Waals surface area contributed by atoms with Gasteiger partial charge in [-0.1, -0.05) is 6.07 Å². The Kier molecular flexibility index (Phi) is 8.29. The van der Waals surface area contributed by atoms with Gasteiger partial charge in [0.25, 0.3) is 5.91 Å². The van der Waals surface area contributed by atoms with E-state index in [0.29, 0.717) is 53.7 Å². The van der Waals surface area contributed by atoms with E-state index in [1.807, 2.05) is 12.3 Å². The minimum absolute atomic E-state index is 0.0753. The van der Waals surface area contributed by atoms with Crippen LogP contribution in [0.4, 0.5) is 4.39 Å². The molecule has 0 unspecified atom stereocenters. The highest BCUT2D eigenvalue weighted by Crippen LogP contribution is 2.37. The molecule has 1 fully saturated rings. The molecule has 2 aromatic carbocycles. The number of nitrogens with zero attached hydrogens (tertiary/aromatic N) is 1. The molecule has 1 aliphatic heterocycles. The Morgan fingerprint density at radius 1 is 1.19 bits per heavy atom. The average Bonchev–Trinajstić information content (AvgIpc) is 3.33. The lowest BCUT2D eigenvalue weighted by Crippen LogP contribution is -2.38. The highest BCUT2D eigenvalue weighted by atomic mass is 32.2. The summed E-state index contributed by atoms with van der Waals surface area (Å²) < 4.78 is 40.6. The largest absolute Gasteiger partial charge is 0.395 e. The molecule has 9 nitrogen and oxygen atoms in total. The molecular formula is C26H33FN4O5S. The molecule has 0 aliphatic carbocycles. The molecule has 1 amide bonds. The topological polar surface area (TPSA) is 149 Å². The number of aromatic amines is 1. The van der Waals surface area contributed by atoms with Gasteiger partial charge in [-0.05, 0) is 66.6 Å². The maximum Gasteiger partial charge on any atom is 0.250 e. The van der Waals surface area contributed by atoms with E-state index < -0.39 is 27.8 Å². The van der Waals surface area contributed by atoms with Crippen LogP contribution in [0.2, 0.25) is 0 Å². The number of carbonyl (C=O) groups is 1. The number of amides is 1. The number of benzene rings is 2. The van der Waals surface area contributed by atoms with Crippen LogP contribution in [-0.4, -0.2) is 71.9 Å². The van der Waals surface area contributed by atoms with Gasteiger partial charge in [0, 0.05) is 36.8 Å². The van der Waals surface area contributed by atoms with Crippen LogP contribution < -0.4 is 11.1 Å². The van der Waals surface area contributed by atoms with Crippen molar-refractivity contribution in [2.45, 2.75) is 38.3 Å². The van der Waals surface area contributed by atoms with Crippen LogP contribution in [0, 0.1) is 5.82 Å². The number of hydrogen-bond donors (Lipinski definition) is 5. The molecule has 1 aliphatic rings.